The summed E-state index contributed by atoms with van der Waals surface area (Å²) in [4.78, 5) is 13.0. The van der Waals surface area contributed by atoms with Crippen LogP contribution in [0.4, 0.5) is 0 Å². The molecule has 0 aromatic rings. The third kappa shape index (κ3) is 2.70. The average molecular weight is 181 g/mol. The molecule has 3 heteroatoms. The average Bonchev–Trinajstić information content (AvgIpc) is 2.18. The molecule has 0 radical (unpaired) electrons. The van der Waals surface area contributed by atoms with E-state index >= 15 is 0 Å². The van der Waals surface area contributed by atoms with E-state index in [1.165, 1.54) is 6.08 Å². The molecule has 1 atom stereocenters. The highest BCUT2D eigenvalue weighted by Crippen LogP contribution is 2.09. The molecule has 1 aliphatic heterocycles. The van der Waals surface area contributed by atoms with Gasteiger partial charge in [0.1, 0.15) is 0 Å². The summed E-state index contributed by atoms with van der Waals surface area (Å²) >= 11 is 0. The van der Waals surface area contributed by atoms with Gasteiger partial charge in [0.2, 0.25) is 5.91 Å². The summed E-state index contributed by atoms with van der Waals surface area (Å²) in [6.07, 6.45) is 4.05. The van der Waals surface area contributed by atoms with Gasteiger partial charge in [0, 0.05) is 13.1 Å². The maximum Gasteiger partial charge on any atom is 0.246 e. The zero-order chi connectivity index (χ0) is 9.68. The summed E-state index contributed by atoms with van der Waals surface area (Å²) in [6.45, 7) is 9.02. The van der Waals surface area contributed by atoms with E-state index in [-0.39, 0.29) is 12.0 Å². The Morgan fingerprint density at radius 2 is 2.38 bits per heavy atom. The minimum Gasteiger partial charge on any atom is -0.374 e. The molecular formula is C10H15NO2. The largest absolute Gasteiger partial charge is 0.374 e. The van der Waals surface area contributed by atoms with Gasteiger partial charge in [-0.25, -0.2) is 0 Å². The monoisotopic (exact) mass is 181 g/mol. The van der Waals surface area contributed by atoms with Crippen LogP contribution in [0.2, 0.25) is 0 Å². The van der Waals surface area contributed by atoms with Gasteiger partial charge in [-0.3, -0.25) is 4.79 Å². The Kier molecular flexibility index (Phi) is 3.71. The van der Waals surface area contributed by atoms with Crippen molar-refractivity contribution in [1.29, 1.82) is 0 Å². The van der Waals surface area contributed by atoms with E-state index in [9.17, 15) is 4.79 Å². The van der Waals surface area contributed by atoms with E-state index < -0.39 is 0 Å². The van der Waals surface area contributed by atoms with Crippen LogP contribution in [0.15, 0.2) is 25.3 Å². The second-order valence-electron chi connectivity index (χ2n) is 3.01. The summed E-state index contributed by atoms with van der Waals surface area (Å²) in [5.74, 6) is -0.0163. The topological polar surface area (TPSA) is 29.5 Å². The third-order valence-corrected chi connectivity index (χ3v) is 2.05. The Hall–Kier alpha value is -1.09. The van der Waals surface area contributed by atoms with Crippen LogP contribution in [-0.2, 0) is 9.53 Å². The fourth-order valence-electron chi connectivity index (χ4n) is 1.38. The number of carbonyl (C=O) groups excluding carboxylic acids is 1. The molecule has 13 heavy (non-hydrogen) atoms. The van der Waals surface area contributed by atoms with Gasteiger partial charge in [0.05, 0.1) is 12.7 Å². The van der Waals surface area contributed by atoms with Gasteiger partial charge in [-0.05, 0) is 12.5 Å². The van der Waals surface area contributed by atoms with Crippen LogP contribution in [0.1, 0.15) is 6.42 Å². The molecule has 0 aromatic carbocycles. The molecule has 72 valence electrons. The van der Waals surface area contributed by atoms with Crippen molar-refractivity contribution < 1.29 is 9.53 Å². The summed E-state index contributed by atoms with van der Waals surface area (Å²) in [7, 11) is 0. The fraction of sp³-hybridized carbons (Fsp3) is 0.500. The summed E-state index contributed by atoms with van der Waals surface area (Å²) < 4.78 is 5.44. The molecule has 1 rings (SSSR count). The van der Waals surface area contributed by atoms with E-state index in [4.69, 9.17) is 4.74 Å². The van der Waals surface area contributed by atoms with Crippen LogP contribution in [0.25, 0.3) is 0 Å². The van der Waals surface area contributed by atoms with Crippen molar-refractivity contribution in [3.8, 4) is 0 Å². The lowest BCUT2D eigenvalue weighted by Gasteiger charge is -2.31. The second kappa shape index (κ2) is 4.82. The van der Waals surface area contributed by atoms with Crippen molar-refractivity contribution in [1.82, 2.24) is 4.90 Å². The van der Waals surface area contributed by atoms with E-state index in [1.54, 1.807) is 4.90 Å². The number of carbonyl (C=O) groups is 1. The van der Waals surface area contributed by atoms with E-state index in [0.717, 1.165) is 6.42 Å². The number of amides is 1. The van der Waals surface area contributed by atoms with Gasteiger partial charge >= 0.3 is 0 Å². The maximum absolute atomic E-state index is 11.2. The number of nitrogens with zero attached hydrogens (tertiary/aromatic N) is 1. The number of hydrogen-bond acceptors (Lipinski definition) is 2. The molecule has 0 spiro atoms. The molecule has 1 heterocycles. The van der Waals surface area contributed by atoms with Crippen molar-refractivity contribution in [2.45, 2.75) is 12.5 Å². The van der Waals surface area contributed by atoms with Crippen LogP contribution in [-0.4, -0.2) is 36.6 Å². The van der Waals surface area contributed by atoms with E-state index in [0.29, 0.717) is 19.7 Å². The predicted molar refractivity (Wildman–Crippen MR) is 51.3 cm³/mol. The molecule has 1 fully saturated rings. The lowest BCUT2D eigenvalue weighted by molar-refractivity contribution is -0.133. The van der Waals surface area contributed by atoms with Crippen molar-refractivity contribution in [3.05, 3.63) is 25.3 Å². The van der Waals surface area contributed by atoms with Gasteiger partial charge in [-0.1, -0.05) is 12.7 Å². The van der Waals surface area contributed by atoms with Crippen LogP contribution in [0.3, 0.4) is 0 Å². The van der Waals surface area contributed by atoms with Crippen LogP contribution in [0, 0.1) is 0 Å². The van der Waals surface area contributed by atoms with Gasteiger partial charge in [-0.15, -0.1) is 6.58 Å². The van der Waals surface area contributed by atoms with Gasteiger partial charge in [-0.2, -0.15) is 0 Å². The highest BCUT2D eigenvalue weighted by molar-refractivity contribution is 5.87. The highest BCUT2D eigenvalue weighted by Gasteiger charge is 2.21. The Morgan fingerprint density at radius 1 is 1.62 bits per heavy atom. The Balaban J connectivity index is 2.45. The molecule has 1 unspecified atom stereocenters. The zero-order valence-corrected chi connectivity index (χ0v) is 7.74. The van der Waals surface area contributed by atoms with Crippen LogP contribution >= 0.6 is 0 Å². The predicted octanol–water partition coefficient (Wildman–Crippen LogP) is 0.976. The number of ether oxygens (including phenoxy) is 1. The second-order valence-corrected chi connectivity index (χ2v) is 3.01. The SMILES string of the molecule is C=CCC1CN(C(=O)C=C)CCO1. The summed E-state index contributed by atoms with van der Waals surface area (Å²) in [5, 5.41) is 0. The molecule has 0 bridgehead atoms. The Labute approximate surface area is 78.7 Å². The number of rotatable bonds is 3. The highest BCUT2D eigenvalue weighted by atomic mass is 16.5. The molecule has 0 N–H and O–H groups in total. The molecular weight excluding hydrogens is 166 g/mol. The van der Waals surface area contributed by atoms with Crippen molar-refractivity contribution in [3.63, 3.8) is 0 Å². The molecule has 0 saturated carbocycles. The first-order valence-corrected chi connectivity index (χ1v) is 4.41. The van der Waals surface area contributed by atoms with Crippen LogP contribution < -0.4 is 0 Å². The fourth-order valence-corrected chi connectivity index (χ4v) is 1.38. The molecule has 1 amide bonds. The summed E-state index contributed by atoms with van der Waals surface area (Å²) in [5.41, 5.74) is 0. The standard InChI is InChI=1S/C10H15NO2/c1-3-5-9-8-11(6-7-13-9)10(12)4-2/h3-4,9H,1-2,5-8H2. The van der Waals surface area contributed by atoms with Gasteiger partial charge < -0.3 is 9.64 Å². The third-order valence-electron chi connectivity index (χ3n) is 2.05. The van der Waals surface area contributed by atoms with Gasteiger partial charge in [0.25, 0.3) is 0 Å². The minimum atomic E-state index is -0.0163. The smallest absolute Gasteiger partial charge is 0.246 e. The Morgan fingerprint density at radius 3 is 3.00 bits per heavy atom. The molecule has 3 nitrogen and oxygen atoms in total. The lowest BCUT2D eigenvalue weighted by Crippen LogP contribution is -2.44. The maximum atomic E-state index is 11.2. The zero-order valence-electron chi connectivity index (χ0n) is 7.74. The first-order valence-electron chi connectivity index (χ1n) is 4.41. The normalized spacial score (nSPS) is 22.5. The first-order chi connectivity index (χ1) is 6.27. The van der Waals surface area contributed by atoms with Crippen LogP contribution in [0.5, 0.6) is 0 Å². The molecule has 0 aliphatic carbocycles. The summed E-state index contributed by atoms with van der Waals surface area (Å²) in [6, 6.07) is 0. The number of morpholine rings is 1. The molecule has 1 aliphatic rings. The van der Waals surface area contributed by atoms with E-state index in [2.05, 4.69) is 13.2 Å². The van der Waals surface area contributed by atoms with E-state index in [1.807, 2.05) is 6.08 Å². The van der Waals surface area contributed by atoms with Gasteiger partial charge in [0.15, 0.2) is 0 Å². The van der Waals surface area contributed by atoms with Crippen molar-refractivity contribution >= 4 is 5.91 Å². The van der Waals surface area contributed by atoms with Crippen molar-refractivity contribution in [2.24, 2.45) is 0 Å². The molecule has 1 saturated heterocycles. The number of hydrogen-bond donors (Lipinski definition) is 0. The Bertz CT molecular complexity index is 213. The molecule has 0 aromatic heterocycles. The minimum absolute atomic E-state index is 0.0163. The first kappa shape index (κ1) is 9.99. The van der Waals surface area contributed by atoms with Crippen molar-refractivity contribution in [2.75, 3.05) is 19.7 Å². The lowest BCUT2D eigenvalue weighted by atomic mass is 10.2. The quantitative estimate of drug-likeness (QED) is 0.479.